The van der Waals surface area contributed by atoms with Crippen molar-refractivity contribution in [1.29, 1.82) is 0 Å². The maximum Gasteiger partial charge on any atom is 0.188 e. The Morgan fingerprint density at radius 1 is 1.29 bits per heavy atom. The molecule has 0 unspecified atom stereocenters. The van der Waals surface area contributed by atoms with Gasteiger partial charge in [-0.25, -0.2) is 9.97 Å². The second-order valence-corrected chi connectivity index (χ2v) is 11.7. The molecule has 21 heavy (non-hydrogen) atoms. The van der Waals surface area contributed by atoms with E-state index in [1.54, 1.807) is 0 Å². The van der Waals surface area contributed by atoms with Crippen LogP contribution in [0.15, 0.2) is 12.5 Å². The summed E-state index contributed by atoms with van der Waals surface area (Å²) in [5, 5.41) is 1.50. The van der Waals surface area contributed by atoms with Crippen molar-refractivity contribution >= 4 is 31.0 Å². The maximum absolute atomic E-state index is 10.3. The van der Waals surface area contributed by atoms with Crippen LogP contribution in [0.2, 0.25) is 23.3 Å². The minimum absolute atomic E-state index is 0.0496. The van der Waals surface area contributed by atoms with E-state index >= 15 is 0 Å². The number of unbranched alkanes of at least 4 members (excludes halogenated alkanes) is 1. The Morgan fingerprint density at radius 3 is 2.67 bits per heavy atom. The topological polar surface area (TPSA) is 61.8 Å². The van der Waals surface area contributed by atoms with Crippen molar-refractivity contribution in [3.8, 4) is 0 Å². The van der Waals surface area contributed by atoms with Gasteiger partial charge in [0.1, 0.15) is 17.1 Å². The van der Waals surface area contributed by atoms with Crippen LogP contribution in [0.25, 0.3) is 11.0 Å². The summed E-state index contributed by atoms with van der Waals surface area (Å²) in [6.07, 6.45) is 7.63. The minimum Gasteiger partial charge on any atom is -0.432 e. The molecule has 0 aliphatic carbocycles. The molecule has 0 atom stereocenters. The third kappa shape index (κ3) is 3.65. The summed E-state index contributed by atoms with van der Waals surface area (Å²) >= 11 is 6.15. The molecule has 2 N–H and O–H groups in total. The molecule has 6 heteroatoms. The Labute approximate surface area is 132 Å². The number of halogens is 1. The van der Waals surface area contributed by atoms with Gasteiger partial charge in [0.15, 0.2) is 8.32 Å². The average Bonchev–Trinajstić information content (AvgIpc) is 2.78. The van der Waals surface area contributed by atoms with Gasteiger partial charge in [-0.2, -0.15) is 0 Å². The Morgan fingerprint density at radius 2 is 2.00 bits per heavy atom. The summed E-state index contributed by atoms with van der Waals surface area (Å²) in [7, 11) is -2.10. The molecule has 0 aliphatic heterocycles. The second kappa shape index (κ2) is 6.06. The molecule has 0 aliphatic rings. The summed E-state index contributed by atoms with van der Waals surface area (Å²) in [6.45, 7) is 8.39. The first kappa shape index (κ1) is 16.5. The lowest BCUT2D eigenvalue weighted by atomic mass is 10.0. The molecule has 0 fully saturated rings. The summed E-state index contributed by atoms with van der Waals surface area (Å²) in [4.78, 5) is 21.7. The third-order valence-electron chi connectivity index (χ3n) is 4.66. The van der Waals surface area contributed by atoms with Crippen LogP contribution in [-0.2, 0) is 6.42 Å². The first-order valence-electron chi connectivity index (χ1n) is 7.41. The first-order valence-corrected chi connectivity index (χ1v) is 10.7. The second-order valence-electron chi connectivity index (χ2n) is 6.85. The van der Waals surface area contributed by atoms with Crippen molar-refractivity contribution in [2.45, 2.75) is 57.7 Å². The van der Waals surface area contributed by atoms with Crippen molar-refractivity contribution in [2.24, 2.45) is 0 Å². The smallest absolute Gasteiger partial charge is 0.188 e. The van der Waals surface area contributed by atoms with Gasteiger partial charge in [-0.15, -0.1) is 0 Å². The summed E-state index contributed by atoms with van der Waals surface area (Å²) in [5.74, 6) is 0. The van der Waals surface area contributed by atoms with Crippen LogP contribution in [0, 0.1) is 0 Å². The van der Waals surface area contributed by atoms with E-state index in [0.29, 0.717) is 5.15 Å². The fourth-order valence-corrected chi connectivity index (χ4v) is 3.41. The molecule has 0 amide bonds. The largest absolute Gasteiger partial charge is 0.432 e. The van der Waals surface area contributed by atoms with Crippen LogP contribution < -0.4 is 0 Å². The van der Waals surface area contributed by atoms with E-state index in [0.717, 1.165) is 36.7 Å². The van der Waals surface area contributed by atoms with Gasteiger partial charge < -0.3 is 9.78 Å². The number of rotatable bonds is 6. The van der Waals surface area contributed by atoms with Crippen LogP contribution in [-0.4, -0.2) is 28.1 Å². The number of aromatic amines is 1. The van der Waals surface area contributed by atoms with E-state index in [-0.39, 0.29) is 5.04 Å². The van der Waals surface area contributed by atoms with Gasteiger partial charge in [0, 0.05) is 6.20 Å². The Hall–Kier alpha value is -0.913. The predicted molar refractivity (Wildman–Crippen MR) is 90.2 cm³/mol. The van der Waals surface area contributed by atoms with Gasteiger partial charge in [0.25, 0.3) is 0 Å². The van der Waals surface area contributed by atoms with Gasteiger partial charge in [-0.1, -0.05) is 31.9 Å². The molecule has 0 saturated heterocycles. The van der Waals surface area contributed by atoms with Crippen molar-refractivity contribution in [1.82, 2.24) is 15.0 Å². The lowest BCUT2D eigenvalue weighted by molar-refractivity contribution is 0.438. The highest BCUT2D eigenvalue weighted by Gasteiger charge is 2.37. The predicted octanol–water partition coefficient (Wildman–Crippen LogP) is 4.30. The molecular formula is C15H24ClN3OSi. The molecule has 0 aromatic carbocycles. The lowest BCUT2D eigenvalue weighted by Crippen LogP contribution is -2.38. The molecule has 0 spiro atoms. The zero-order valence-electron chi connectivity index (χ0n) is 13.2. The number of nitrogens with one attached hydrogen (secondary N) is 1. The van der Waals surface area contributed by atoms with Crippen molar-refractivity contribution in [2.75, 3.05) is 0 Å². The maximum atomic E-state index is 10.3. The minimum atomic E-state index is -2.10. The number of hydrogen-bond donors (Lipinski definition) is 2. The van der Waals surface area contributed by atoms with Crippen LogP contribution in [0.3, 0.4) is 0 Å². The zero-order chi connectivity index (χ0) is 15.7. The van der Waals surface area contributed by atoms with Crippen LogP contribution in [0.4, 0.5) is 0 Å². The van der Waals surface area contributed by atoms with Gasteiger partial charge in [-0.05, 0) is 43.0 Å². The molecular weight excluding hydrogens is 302 g/mol. The number of aromatic nitrogens is 3. The van der Waals surface area contributed by atoms with E-state index in [1.165, 1.54) is 11.9 Å². The number of H-pyrrole nitrogens is 1. The highest BCUT2D eigenvalue weighted by atomic mass is 35.5. The molecule has 0 bridgehead atoms. The van der Waals surface area contributed by atoms with Crippen LogP contribution in [0.5, 0.6) is 0 Å². The molecule has 4 nitrogen and oxygen atoms in total. The molecule has 0 saturated carbocycles. The summed E-state index contributed by atoms with van der Waals surface area (Å²) in [6, 6.07) is 0. The van der Waals surface area contributed by atoms with Crippen LogP contribution in [0.1, 0.15) is 38.7 Å². The normalized spacial score (nSPS) is 13.0. The number of fused-ring (bicyclic) bond motifs is 1. The lowest BCUT2D eigenvalue weighted by Gasteiger charge is -2.35. The number of hydrogen-bond acceptors (Lipinski definition) is 3. The van der Waals surface area contributed by atoms with E-state index < -0.39 is 8.32 Å². The zero-order valence-corrected chi connectivity index (χ0v) is 15.0. The highest BCUT2D eigenvalue weighted by Crippen LogP contribution is 2.40. The van der Waals surface area contributed by atoms with Gasteiger partial charge in [0.05, 0.1) is 5.39 Å². The monoisotopic (exact) mass is 325 g/mol. The van der Waals surface area contributed by atoms with Crippen LogP contribution >= 0.6 is 11.6 Å². The summed E-state index contributed by atoms with van der Waals surface area (Å²) < 4.78 is 0. The Bertz CT molecular complexity index is 619. The quantitative estimate of drug-likeness (QED) is 0.473. The van der Waals surface area contributed by atoms with E-state index in [9.17, 15) is 4.80 Å². The third-order valence-corrected chi connectivity index (χ3v) is 8.51. The number of nitrogens with zero attached hydrogens (tertiary/aromatic N) is 2. The fourth-order valence-electron chi connectivity index (χ4n) is 2.37. The van der Waals surface area contributed by atoms with E-state index in [4.69, 9.17) is 11.6 Å². The Balaban J connectivity index is 1.95. The van der Waals surface area contributed by atoms with Crippen molar-refractivity contribution < 1.29 is 4.80 Å². The van der Waals surface area contributed by atoms with Gasteiger partial charge in [-0.3, -0.25) is 0 Å². The van der Waals surface area contributed by atoms with Crippen molar-refractivity contribution in [3.63, 3.8) is 0 Å². The molecule has 2 heterocycles. The number of aryl methyl sites for hydroxylation is 1. The van der Waals surface area contributed by atoms with Gasteiger partial charge in [0.2, 0.25) is 0 Å². The molecule has 0 radical (unpaired) electrons. The molecule has 2 rings (SSSR count). The first-order chi connectivity index (χ1) is 9.72. The van der Waals surface area contributed by atoms with Gasteiger partial charge >= 0.3 is 0 Å². The van der Waals surface area contributed by atoms with E-state index in [1.807, 2.05) is 19.3 Å². The van der Waals surface area contributed by atoms with Crippen molar-refractivity contribution in [3.05, 3.63) is 23.2 Å². The van der Waals surface area contributed by atoms with E-state index in [2.05, 4.69) is 28.8 Å². The molecule has 2 aromatic heterocycles. The molecule has 2 aromatic rings. The molecule has 116 valence electrons. The average molecular weight is 326 g/mol. The summed E-state index contributed by atoms with van der Waals surface area (Å²) in [5.41, 5.74) is 1.98. The Kier molecular flexibility index (Phi) is 4.75. The fraction of sp³-hybridized carbons (Fsp3) is 0.600. The SMILES string of the molecule is CC(C)(CCCCc1c[nH]c2ncnc(Cl)c12)[Si](C)(C)O. The standard InChI is InChI=1S/C15H24ClN3OSi/c1-15(2,21(3,4)20)8-6-5-7-11-9-17-14-12(11)13(16)18-10-19-14/h9-10,20H,5-8H2,1-4H3,(H,17,18,19). The highest BCUT2D eigenvalue weighted by molar-refractivity contribution is 6.72.